The highest BCUT2D eigenvalue weighted by Crippen LogP contribution is 2.21. The Morgan fingerprint density at radius 1 is 1.50 bits per heavy atom. The Balaban J connectivity index is 3.05. The average Bonchev–Trinajstić information content (AvgIpc) is 2.39. The lowest BCUT2D eigenvalue weighted by atomic mass is 9.95. The monoisotopic (exact) mass is 250 g/mol. The maximum absolute atomic E-state index is 12.2. The summed E-state index contributed by atoms with van der Waals surface area (Å²) < 4.78 is 5.17. The molecule has 4 nitrogen and oxygen atoms in total. The molecule has 0 aliphatic heterocycles. The van der Waals surface area contributed by atoms with E-state index in [2.05, 4.69) is 17.2 Å². The second-order valence-electron chi connectivity index (χ2n) is 4.51. The highest BCUT2D eigenvalue weighted by molar-refractivity contribution is 5.81. The molecule has 0 saturated carbocycles. The molecule has 4 heteroatoms. The lowest BCUT2D eigenvalue weighted by Crippen LogP contribution is -2.51. The van der Waals surface area contributed by atoms with Crippen molar-refractivity contribution >= 4 is 5.97 Å². The van der Waals surface area contributed by atoms with Crippen molar-refractivity contribution in [3.63, 3.8) is 0 Å². The molecule has 2 atom stereocenters. The van der Waals surface area contributed by atoms with E-state index in [0.29, 0.717) is 12.3 Å². The summed E-state index contributed by atoms with van der Waals surface area (Å²) in [5.41, 5.74) is -0.212. The van der Waals surface area contributed by atoms with Gasteiger partial charge in [-0.3, -0.25) is 10.3 Å². The van der Waals surface area contributed by atoms with Crippen molar-refractivity contribution in [2.24, 2.45) is 0 Å². The molecule has 1 aromatic rings. The van der Waals surface area contributed by atoms with Gasteiger partial charge in [-0.2, -0.15) is 0 Å². The maximum atomic E-state index is 12.2. The maximum Gasteiger partial charge on any atom is 0.332 e. The van der Waals surface area contributed by atoms with Gasteiger partial charge in [0.15, 0.2) is 5.54 Å². The summed E-state index contributed by atoms with van der Waals surface area (Å²) >= 11 is 0. The highest BCUT2D eigenvalue weighted by atomic mass is 16.5. The van der Waals surface area contributed by atoms with Crippen molar-refractivity contribution < 1.29 is 9.53 Å². The van der Waals surface area contributed by atoms with Crippen molar-refractivity contribution in [1.29, 1.82) is 0 Å². The Kier molecular flexibility index (Phi) is 5.28. The summed E-state index contributed by atoms with van der Waals surface area (Å²) in [6.07, 6.45) is 2.62. The van der Waals surface area contributed by atoms with E-state index in [1.165, 1.54) is 0 Å². The van der Waals surface area contributed by atoms with Crippen LogP contribution in [0.5, 0.6) is 0 Å². The zero-order valence-electron chi connectivity index (χ0n) is 11.6. The van der Waals surface area contributed by atoms with Crippen LogP contribution in [0.2, 0.25) is 0 Å². The Morgan fingerprint density at radius 2 is 2.22 bits per heavy atom. The van der Waals surface area contributed by atoms with Gasteiger partial charge < -0.3 is 4.74 Å². The van der Waals surface area contributed by atoms with E-state index in [1.807, 2.05) is 32.0 Å². The molecule has 18 heavy (non-hydrogen) atoms. The van der Waals surface area contributed by atoms with Crippen LogP contribution in [0.3, 0.4) is 0 Å². The van der Waals surface area contributed by atoms with Crippen LogP contribution in [0.1, 0.15) is 39.8 Å². The molecular weight excluding hydrogens is 228 g/mol. The number of ether oxygens (including phenoxy) is 1. The fourth-order valence-electron chi connectivity index (χ4n) is 1.77. The molecule has 1 N–H and O–H groups in total. The molecule has 1 rings (SSSR count). The Morgan fingerprint density at radius 3 is 2.72 bits per heavy atom. The van der Waals surface area contributed by atoms with E-state index >= 15 is 0 Å². The van der Waals surface area contributed by atoms with E-state index in [0.717, 1.165) is 6.42 Å². The first-order valence-corrected chi connectivity index (χ1v) is 6.41. The van der Waals surface area contributed by atoms with Gasteiger partial charge in [0.1, 0.15) is 0 Å². The predicted molar refractivity (Wildman–Crippen MR) is 71.1 cm³/mol. The lowest BCUT2D eigenvalue weighted by molar-refractivity contribution is -0.151. The van der Waals surface area contributed by atoms with Crippen LogP contribution in [0.15, 0.2) is 24.4 Å². The molecule has 1 aromatic heterocycles. The van der Waals surface area contributed by atoms with Gasteiger partial charge in [-0.05, 0) is 39.3 Å². The minimum absolute atomic E-state index is 0.210. The third-order valence-corrected chi connectivity index (χ3v) is 3.01. The van der Waals surface area contributed by atoms with E-state index in [4.69, 9.17) is 4.74 Å². The van der Waals surface area contributed by atoms with Crippen LogP contribution >= 0.6 is 0 Å². The summed E-state index contributed by atoms with van der Waals surface area (Å²) in [5, 5.41) is 3.31. The molecule has 0 spiro atoms. The van der Waals surface area contributed by atoms with Crippen LogP contribution in [-0.4, -0.2) is 23.6 Å². The summed E-state index contributed by atoms with van der Waals surface area (Å²) in [6, 6.07) is 5.75. The molecule has 2 unspecified atom stereocenters. The van der Waals surface area contributed by atoms with Gasteiger partial charge in [0, 0.05) is 12.2 Å². The largest absolute Gasteiger partial charge is 0.464 e. The Labute approximate surface area is 109 Å². The molecule has 0 amide bonds. The smallest absolute Gasteiger partial charge is 0.332 e. The predicted octanol–water partition coefficient (Wildman–Crippen LogP) is 2.25. The van der Waals surface area contributed by atoms with E-state index in [-0.39, 0.29) is 12.0 Å². The first-order chi connectivity index (χ1) is 8.54. The fourth-order valence-corrected chi connectivity index (χ4v) is 1.77. The average molecular weight is 250 g/mol. The van der Waals surface area contributed by atoms with E-state index in [9.17, 15) is 4.79 Å². The molecule has 100 valence electrons. The van der Waals surface area contributed by atoms with Crippen LogP contribution in [-0.2, 0) is 15.1 Å². The number of aromatic nitrogens is 1. The summed E-state index contributed by atoms with van der Waals surface area (Å²) in [6.45, 7) is 8.10. The van der Waals surface area contributed by atoms with Crippen molar-refractivity contribution in [3.05, 3.63) is 30.1 Å². The van der Waals surface area contributed by atoms with Crippen LogP contribution < -0.4 is 5.32 Å². The first kappa shape index (κ1) is 14.6. The number of pyridine rings is 1. The third-order valence-electron chi connectivity index (χ3n) is 3.01. The van der Waals surface area contributed by atoms with Crippen LogP contribution in [0.25, 0.3) is 0 Å². The number of nitrogens with zero attached hydrogens (tertiary/aromatic N) is 1. The minimum Gasteiger partial charge on any atom is -0.464 e. The quantitative estimate of drug-likeness (QED) is 0.787. The van der Waals surface area contributed by atoms with Crippen LogP contribution in [0, 0.1) is 0 Å². The number of carbonyl (C=O) groups excluding carboxylic acids is 1. The fraction of sp³-hybridized carbons (Fsp3) is 0.571. The van der Waals surface area contributed by atoms with Gasteiger partial charge in [0.05, 0.1) is 12.3 Å². The Bertz CT molecular complexity index is 381. The van der Waals surface area contributed by atoms with Gasteiger partial charge >= 0.3 is 5.97 Å². The summed E-state index contributed by atoms with van der Waals surface area (Å²) in [7, 11) is 0. The van der Waals surface area contributed by atoms with Crippen molar-refractivity contribution in [3.8, 4) is 0 Å². The normalized spacial score (nSPS) is 15.8. The number of esters is 1. The molecule has 0 fully saturated rings. The number of carbonyl (C=O) groups is 1. The van der Waals surface area contributed by atoms with Gasteiger partial charge in [-0.1, -0.05) is 13.0 Å². The number of rotatable bonds is 6. The van der Waals surface area contributed by atoms with Gasteiger partial charge in [0.25, 0.3) is 0 Å². The SMILES string of the molecule is CCOC(=O)C(C)(NC(C)CC)c1ccccn1. The summed E-state index contributed by atoms with van der Waals surface area (Å²) in [5.74, 6) is -0.288. The lowest BCUT2D eigenvalue weighted by Gasteiger charge is -2.30. The van der Waals surface area contributed by atoms with Crippen LogP contribution in [0.4, 0.5) is 0 Å². The van der Waals surface area contributed by atoms with Crippen molar-refractivity contribution in [2.75, 3.05) is 6.61 Å². The molecule has 1 heterocycles. The van der Waals surface area contributed by atoms with Gasteiger partial charge in [-0.15, -0.1) is 0 Å². The zero-order chi connectivity index (χ0) is 13.6. The standard InChI is InChI=1S/C14H22N2O2/c1-5-11(3)16-14(4,13(17)18-6-2)12-9-7-8-10-15-12/h7-11,16H,5-6H2,1-4H3. The minimum atomic E-state index is -0.896. The summed E-state index contributed by atoms with van der Waals surface area (Å²) in [4.78, 5) is 16.5. The highest BCUT2D eigenvalue weighted by Gasteiger charge is 2.38. The molecule has 0 bridgehead atoms. The topological polar surface area (TPSA) is 51.2 Å². The van der Waals surface area contributed by atoms with E-state index < -0.39 is 5.54 Å². The van der Waals surface area contributed by atoms with Crippen molar-refractivity contribution in [2.45, 2.75) is 45.7 Å². The van der Waals surface area contributed by atoms with E-state index in [1.54, 1.807) is 13.1 Å². The van der Waals surface area contributed by atoms with Gasteiger partial charge in [-0.25, -0.2) is 4.79 Å². The molecule has 0 saturated heterocycles. The second-order valence-corrected chi connectivity index (χ2v) is 4.51. The second kappa shape index (κ2) is 6.50. The molecule has 0 aliphatic carbocycles. The zero-order valence-corrected chi connectivity index (χ0v) is 11.6. The molecule has 0 radical (unpaired) electrons. The molecule has 0 aromatic carbocycles. The molecule has 0 aliphatic rings. The number of hydrogen-bond acceptors (Lipinski definition) is 4. The van der Waals surface area contributed by atoms with Crippen molar-refractivity contribution in [1.82, 2.24) is 10.3 Å². The Hall–Kier alpha value is -1.42. The van der Waals surface area contributed by atoms with Gasteiger partial charge in [0.2, 0.25) is 0 Å². The third kappa shape index (κ3) is 3.29. The first-order valence-electron chi connectivity index (χ1n) is 6.41. The number of hydrogen-bond donors (Lipinski definition) is 1. The number of nitrogens with one attached hydrogen (secondary N) is 1. The molecular formula is C14H22N2O2.